The monoisotopic (exact) mass is 392 g/mol. The van der Waals surface area contributed by atoms with Crippen LogP contribution in [0.4, 0.5) is 15.6 Å². The number of hydrogen-bond donors (Lipinski definition) is 2. The minimum Gasteiger partial charge on any atom is -0.307 e. The van der Waals surface area contributed by atoms with Gasteiger partial charge in [-0.3, -0.25) is 5.32 Å². The molecule has 2 aromatic rings. The predicted molar refractivity (Wildman–Crippen MR) is 102 cm³/mol. The molecule has 0 unspecified atom stereocenters. The number of hydrogen-bond acceptors (Lipinski definition) is 5. The summed E-state index contributed by atoms with van der Waals surface area (Å²) in [5.41, 5.74) is 2.60. The fourth-order valence-corrected chi connectivity index (χ4v) is 5.89. The summed E-state index contributed by atoms with van der Waals surface area (Å²) in [6, 6.07) is 7.18. The minimum atomic E-state index is -3.18. The van der Waals surface area contributed by atoms with E-state index >= 15 is 0 Å². The maximum Gasteiger partial charge on any atom is 0.325 e. The van der Waals surface area contributed by atoms with Crippen LogP contribution in [0.3, 0.4) is 0 Å². The Balaban J connectivity index is 1.43. The number of benzene rings is 1. The molecule has 0 atom stereocenters. The molecule has 1 aliphatic carbocycles. The van der Waals surface area contributed by atoms with E-state index in [2.05, 4.69) is 15.6 Å². The molecule has 9 heteroatoms. The number of carbonyl (C=O) groups excluding carboxylic acids is 1. The van der Waals surface area contributed by atoms with E-state index in [1.807, 2.05) is 31.2 Å². The lowest BCUT2D eigenvalue weighted by molar-refractivity contribution is 0.262. The van der Waals surface area contributed by atoms with Crippen LogP contribution in [0.5, 0.6) is 0 Å². The molecule has 1 aromatic heterocycles. The van der Waals surface area contributed by atoms with Crippen LogP contribution in [-0.4, -0.2) is 35.5 Å². The van der Waals surface area contributed by atoms with E-state index in [0.717, 1.165) is 34.7 Å². The summed E-state index contributed by atoms with van der Waals surface area (Å²) in [5, 5.41) is 5.85. The zero-order valence-electron chi connectivity index (χ0n) is 14.4. The summed E-state index contributed by atoms with van der Waals surface area (Å²) < 4.78 is 26.4. The van der Waals surface area contributed by atoms with Gasteiger partial charge < -0.3 is 5.32 Å². The minimum absolute atomic E-state index is 0.200. The Labute approximate surface area is 156 Å². The number of para-hydroxylation sites is 1. The maximum atomic E-state index is 12.4. The van der Waals surface area contributed by atoms with Gasteiger partial charge in [0.15, 0.2) is 5.13 Å². The topological polar surface area (TPSA) is 91.4 Å². The van der Waals surface area contributed by atoms with Crippen molar-refractivity contribution < 1.29 is 13.2 Å². The number of urea groups is 1. The van der Waals surface area contributed by atoms with E-state index in [9.17, 15) is 13.2 Å². The van der Waals surface area contributed by atoms with Crippen LogP contribution in [-0.2, 0) is 23.0 Å². The van der Waals surface area contributed by atoms with Gasteiger partial charge in [-0.25, -0.2) is 18.2 Å². The second-order valence-corrected chi connectivity index (χ2v) is 9.91. The van der Waals surface area contributed by atoms with E-state index < -0.39 is 10.0 Å². The van der Waals surface area contributed by atoms with Gasteiger partial charge in [0.25, 0.3) is 0 Å². The molecule has 2 amide bonds. The summed E-state index contributed by atoms with van der Waals surface area (Å²) >= 11 is 1.34. The number of anilines is 2. The Hall–Kier alpha value is -1.97. The van der Waals surface area contributed by atoms with E-state index in [0.29, 0.717) is 24.6 Å². The number of nitrogens with zero attached hydrogens (tertiary/aromatic N) is 2. The van der Waals surface area contributed by atoms with Crippen molar-refractivity contribution in [3.63, 3.8) is 0 Å². The zero-order valence-corrected chi connectivity index (χ0v) is 16.0. The number of rotatable bonds is 4. The smallest absolute Gasteiger partial charge is 0.307 e. The van der Waals surface area contributed by atoms with E-state index in [1.165, 1.54) is 11.3 Å². The summed E-state index contributed by atoms with van der Waals surface area (Å²) in [6.45, 7) is 2.74. The van der Waals surface area contributed by atoms with Crippen molar-refractivity contribution in [1.82, 2.24) is 9.29 Å². The third kappa shape index (κ3) is 3.46. The fraction of sp³-hybridized carbons (Fsp3) is 0.412. The first kappa shape index (κ1) is 17.4. The Morgan fingerprint density at radius 2 is 2.04 bits per heavy atom. The van der Waals surface area contributed by atoms with Crippen molar-refractivity contribution in [1.29, 1.82) is 0 Å². The highest BCUT2D eigenvalue weighted by atomic mass is 32.2. The summed E-state index contributed by atoms with van der Waals surface area (Å²) in [4.78, 5) is 17.6. The van der Waals surface area contributed by atoms with Crippen molar-refractivity contribution in [3.05, 3.63) is 40.4 Å². The van der Waals surface area contributed by atoms with E-state index in [-0.39, 0.29) is 11.3 Å². The Kier molecular flexibility index (Phi) is 4.45. The van der Waals surface area contributed by atoms with Gasteiger partial charge in [-0.1, -0.05) is 29.5 Å². The maximum absolute atomic E-state index is 12.4. The van der Waals surface area contributed by atoms with Gasteiger partial charge in [-0.2, -0.15) is 4.31 Å². The molecule has 2 heterocycles. The lowest BCUT2D eigenvalue weighted by atomic mass is 10.2. The molecule has 1 saturated carbocycles. The second kappa shape index (κ2) is 6.64. The number of fused-ring (bicyclic) bond motifs is 1. The average Bonchev–Trinajstić information content (AvgIpc) is 3.38. The highest BCUT2D eigenvalue weighted by Gasteiger charge is 2.41. The van der Waals surface area contributed by atoms with Crippen LogP contribution in [0.2, 0.25) is 0 Å². The number of aryl methyl sites for hydroxylation is 1. The Bertz CT molecular complexity index is 951. The first-order chi connectivity index (χ1) is 12.4. The van der Waals surface area contributed by atoms with Gasteiger partial charge in [0.1, 0.15) is 0 Å². The summed E-state index contributed by atoms with van der Waals surface area (Å²) in [5.74, 6) is 0. The Morgan fingerprint density at radius 3 is 2.77 bits per heavy atom. The molecule has 1 aliphatic heterocycles. The molecule has 26 heavy (non-hydrogen) atoms. The number of sulfonamides is 1. The van der Waals surface area contributed by atoms with Gasteiger partial charge in [0.2, 0.25) is 10.0 Å². The third-order valence-electron chi connectivity index (χ3n) is 4.62. The Morgan fingerprint density at radius 1 is 1.27 bits per heavy atom. The van der Waals surface area contributed by atoms with Gasteiger partial charge >= 0.3 is 6.03 Å². The van der Waals surface area contributed by atoms with Crippen LogP contribution in [0.1, 0.15) is 29.0 Å². The predicted octanol–water partition coefficient (Wildman–Crippen LogP) is 2.95. The van der Waals surface area contributed by atoms with Crippen LogP contribution in [0, 0.1) is 6.92 Å². The lowest BCUT2D eigenvalue weighted by Crippen LogP contribution is -2.37. The molecule has 7 nitrogen and oxygen atoms in total. The molecule has 2 aliphatic rings. The van der Waals surface area contributed by atoms with Crippen molar-refractivity contribution in [2.75, 3.05) is 17.2 Å². The van der Waals surface area contributed by atoms with E-state index in [1.54, 1.807) is 4.31 Å². The second-order valence-electron chi connectivity index (χ2n) is 6.61. The van der Waals surface area contributed by atoms with Crippen LogP contribution in [0.15, 0.2) is 24.3 Å². The van der Waals surface area contributed by atoms with Crippen LogP contribution < -0.4 is 10.6 Å². The summed E-state index contributed by atoms with van der Waals surface area (Å²) in [6.07, 6.45) is 2.11. The van der Waals surface area contributed by atoms with E-state index in [4.69, 9.17) is 0 Å². The van der Waals surface area contributed by atoms with Crippen molar-refractivity contribution in [2.24, 2.45) is 0 Å². The standard InChI is InChI=1S/C17H20N4O3S2/c1-11-4-2-3-5-13(11)18-16(22)20-17-19-14-8-9-21(10-15(14)25-17)26(23,24)12-6-7-12/h2-5,12H,6-10H2,1H3,(H2,18,19,20,22). The molecular weight excluding hydrogens is 372 g/mol. The molecule has 0 bridgehead atoms. The van der Waals surface area contributed by atoms with Gasteiger partial charge in [-0.05, 0) is 31.4 Å². The third-order valence-corrected chi connectivity index (χ3v) is 7.96. The number of thiazole rings is 1. The number of aromatic nitrogens is 1. The highest BCUT2D eigenvalue weighted by molar-refractivity contribution is 7.90. The van der Waals surface area contributed by atoms with Gasteiger partial charge in [-0.15, -0.1) is 0 Å². The number of amides is 2. The molecule has 138 valence electrons. The number of nitrogens with one attached hydrogen (secondary N) is 2. The quantitative estimate of drug-likeness (QED) is 0.837. The van der Waals surface area contributed by atoms with Gasteiger partial charge in [0, 0.05) is 30.1 Å². The summed E-state index contributed by atoms with van der Waals surface area (Å²) in [7, 11) is -3.18. The first-order valence-electron chi connectivity index (χ1n) is 8.54. The number of carbonyl (C=O) groups is 1. The lowest BCUT2D eigenvalue weighted by Gasteiger charge is -2.25. The van der Waals surface area contributed by atoms with Crippen LogP contribution in [0.25, 0.3) is 0 Å². The molecular formula is C17H20N4O3S2. The normalized spacial score (nSPS) is 17.6. The molecule has 1 fully saturated rings. The van der Waals surface area contributed by atoms with Gasteiger partial charge in [0.05, 0.1) is 10.9 Å². The first-order valence-corrected chi connectivity index (χ1v) is 10.9. The molecule has 1 aromatic carbocycles. The highest BCUT2D eigenvalue weighted by Crippen LogP contribution is 2.35. The van der Waals surface area contributed by atoms with Crippen LogP contribution >= 0.6 is 11.3 Å². The van der Waals surface area contributed by atoms with Crippen molar-refractivity contribution in [3.8, 4) is 0 Å². The largest absolute Gasteiger partial charge is 0.325 e. The SMILES string of the molecule is Cc1ccccc1NC(=O)Nc1nc2c(s1)CN(S(=O)(=O)C1CC1)CC2. The molecule has 0 spiro atoms. The molecule has 0 saturated heterocycles. The fourth-order valence-electron chi connectivity index (χ4n) is 2.98. The molecule has 4 rings (SSSR count). The van der Waals surface area contributed by atoms with Crippen molar-refractivity contribution >= 4 is 38.2 Å². The van der Waals surface area contributed by atoms with Crippen molar-refractivity contribution in [2.45, 2.75) is 38.0 Å². The average molecular weight is 393 g/mol. The molecule has 2 N–H and O–H groups in total. The molecule has 0 radical (unpaired) electrons. The zero-order chi connectivity index (χ0) is 18.3.